The first-order valence-corrected chi connectivity index (χ1v) is 7.74. The van der Waals surface area contributed by atoms with Crippen molar-refractivity contribution >= 4 is 0 Å². The van der Waals surface area contributed by atoms with Gasteiger partial charge in [-0.05, 0) is 40.0 Å². The minimum absolute atomic E-state index is 0.0931. The van der Waals surface area contributed by atoms with Crippen LogP contribution in [-0.2, 0) is 9.47 Å². The number of rotatable bonds is 3. The molecule has 4 heteroatoms. The zero-order valence-corrected chi connectivity index (χ0v) is 12.9. The number of nitrogens with two attached hydrogens (primary N) is 1. The highest BCUT2D eigenvalue weighted by Gasteiger charge is 2.46. The van der Waals surface area contributed by atoms with E-state index in [2.05, 4.69) is 32.6 Å². The van der Waals surface area contributed by atoms with Gasteiger partial charge in [-0.2, -0.15) is 0 Å². The number of ether oxygens (including phenoxy) is 2. The molecule has 0 amide bonds. The number of hydrogen-bond acceptors (Lipinski definition) is 4. The molecule has 0 aliphatic carbocycles. The summed E-state index contributed by atoms with van der Waals surface area (Å²) in [5.74, 6) is 0. The minimum Gasteiger partial charge on any atom is -0.376 e. The van der Waals surface area contributed by atoms with E-state index in [0.717, 1.165) is 32.4 Å². The van der Waals surface area contributed by atoms with E-state index in [1.54, 1.807) is 0 Å². The van der Waals surface area contributed by atoms with E-state index in [-0.39, 0.29) is 5.54 Å². The maximum atomic E-state index is 6.22. The van der Waals surface area contributed by atoms with Crippen molar-refractivity contribution in [1.29, 1.82) is 0 Å². The first-order chi connectivity index (χ1) is 9.00. The Morgan fingerprint density at radius 3 is 2.32 bits per heavy atom. The molecule has 2 rings (SSSR count). The van der Waals surface area contributed by atoms with Crippen LogP contribution in [0.1, 0.15) is 47.0 Å². The van der Waals surface area contributed by atoms with E-state index in [0.29, 0.717) is 30.9 Å². The van der Waals surface area contributed by atoms with Crippen LogP contribution < -0.4 is 5.73 Å². The lowest BCUT2D eigenvalue weighted by Crippen LogP contribution is -2.66. The van der Waals surface area contributed by atoms with Crippen LogP contribution in [-0.4, -0.2) is 54.5 Å². The summed E-state index contributed by atoms with van der Waals surface area (Å²) in [7, 11) is 0. The molecule has 19 heavy (non-hydrogen) atoms. The lowest BCUT2D eigenvalue weighted by molar-refractivity contribution is -0.153. The van der Waals surface area contributed by atoms with Crippen LogP contribution in [0.5, 0.6) is 0 Å². The van der Waals surface area contributed by atoms with Crippen molar-refractivity contribution < 1.29 is 9.47 Å². The predicted molar refractivity (Wildman–Crippen MR) is 77.2 cm³/mol. The molecule has 0 bridgehead atoms. The second-order valence-corrected chi connectivity index (χ2v) is 6.45. The summed E-state index contributed by atoms with van der Waals surface area (Å²) in [4.78, 5) is 2.64. The van der Waals surface area contributed by atoms with Crippen molar-refractivity contribution in [3.05, 3.63) is 0 Å². The zero-order chi connectivity index (χ0) is 14.0. The molecular weight excluding hydrogens is 240 g/mol. The van der Waals surface area contributed by atoms with Crippen molar-refractivity contribution in [2.24, 2.45) is 5.73 Å². The quantitative estimate of drug-likeness (QED) is 0.849. The highest BCUT2D eigenvalue weighted by atomic mass is 16.5. The Morgan fingerprint density at radius 2 is 1.79 bits per heavy atom. The van der Waals surface area contributed by atoms with Gasteiger partial charge in [-0.3, -0.25) is 4.90 Å². The van der Waals surface area contributed by atoms with Gasteiger partial charge in [0, 0.05) is 24.7 Å². The highest BCUT2D eigenvalue weighted by molar-refractivity contribution is 5.01. The molecule has 112 valence electrons. The van der Waals surface area contributed by atoms with E-state index in [4.69, 9.17) is 15.2 Å². The maximum Gasteiger partial charge on any atom is 0.0675 e. The van der Waals surface area contributed by atoms with Gasteiger partial charge in [0.1, 0.15) is 0 Å². The number of nitrogens with zero attached hydrogens (tertiary/aromatic N) is 1. The average molecular weight is 270 g/mol. The SMILES string of the molecule is CCC1COC(C)CN1C1(CN)CC(C)OC(C)C1. The number of hydrogen-bond donors (Lipinski definition) is 1. The van der Waals surface area contributed by atoms with Crippen LogP contribution in [0.2, 0.25) is 0 Å². The summed E-state index contributed by atoms with van der Waals surface area (Å²) >= 11 is 0. The summed E-state index contributed by atoms with van der Waals surface area (Å²) in [6, 6.07) is 0.497. The van der Waals surface area contributed by atoms with Crippen LogP contribution in [0.4, 0.5) is 0 Å². The largest absolute Gasteiger partial charge is 0.376 e. The Balaban J connectivity index is 2.22. The Morgan fingerprint density at radius 1 is 1.16 bits per heavy atom. The van der Waals surface area contributed by atoms with Crippen LogP contribution in [0.15, 0.2) is 0 Å². The van der Waals surface area contributed by atoms with Crippen molar-refractivity contribution in [2.75, 3.05) is 19.7 Å². The van der Waals surface area contributed by atoms with Crippen LogP contribution in [0.3, 0.4) is 0 Å². The Kier molecular flexibility index (Phi) is 4.88. The van der Waals surface area contributed by atoms with Gasteiger partial charge in [0.25, 0.3) is 0 Å². The maximum absolute atomic E-state index is 6.22. The highest BCUT2D eigenvalue weighted by Crippen LogP contribution is 2.36. The topological polar surface area (TPSA) is 47.7 Å². The molecule has 0 radical (unpaired) electrons. The summed E-state index contributed by atoms with van der Waals surface area (Å²) in [5, 5.41) is 0. The summed E-state index contributed by atoms with van der Waals surface area (Å²) in [6.07, 6.45) is 4.09. The second kappa shape index (κ2) is 6.08. The monoisotopic (exact) mass is 270 g/mol. The van der Waals surface area contributed by atoms with Crippen molar-refractivity contribution in [2.45, 2.75) is 76.9 Å². The van der Waals surface area contributed by atoms with Gasteiger partial charge in [0.05, 0.1) is 24.9 Å². The van der Waals surface area contributed by atoms with Gasteiger partial charge in [-0.15, -0.1) is 0 Å². The molecule has 4 nitrogen and oxygen atoms in total. The van der Waals surface area contributed by atoms with Gasteiger partial charge >= 0.3 is 0 Å². The third-order valence-corrected chi connectivity index (χ3v) is 4.73. The molecule has 0 aromatic heterocycles. The van der Waals surface area contributed by atoms with Gasteiger partial charge in [0.15, 0.2) is 0 Å². The van der Waals surface area contributed by atoms with Crippen molar-refractivity contribution in [3.8, 4) is 0 Å². The van der Waals surface area contributed by atoms with Crippen LogP contribution in [0.25, 0.3) is 0 Å². The summed E-state index contributed by atoms with van der Waals surface area (Å²) in [5.41, 5.74) is 6.31. The number of morpholine rings is 1. The molecule has 2 aliphatic heterocycles. The fourth-order valence-electron chi connectivity index (χ4n) is 3.93. The zero-order valence-electron chi connectivity index (χ0n) is 12.9. The molecule has 4 atom stereocenters. The molecule has 2 aliphatic rings. The third kappa shape index (κ3) is 3.13. The molecule has 0 aromatic carbocycles. The van der Waals surface area contributed by atoms with Crippen molar-refractivity contribution in [3.63, 3.8) is 0 Å². The van der Waals surface area contributed by atoms with E-state index in [1.165, 1.54) is 0 Å². The van der Waals surface area contributed by atoms with Crippen molar-refractivity contribution in [1.82, 2.24) is 4.90 Å². The predicted octanol–water partition coefficient (Wildman–Crippen LogP) is 1.77. The van der Waals surface area contributed by atoms with Crippen LogP contribution in [0, 0.1) is 0 Å². The van der Waals surface area contributed by atoms with E-state index in [9.17, 15) is 0 Å². The van der Waals surface area contributed by atoms with E-state index >= 15 is 0 Å². The fraction of sp³-hybridized carbons (Fsp3) is 1.00. The average Bonchev–Trinajstić information content (AvgIpc) is 2.37. The Labute approximate surface area is 117 Å². The Bertz CT molecular complexity index is 288. The first-order valence-electron chi connectivity index (χ1n) is 7.74. The lowest BCUT2D eigenvalue weighted by atomic mass is 9.80. The van der Waals surface area contributed by atoms with Gasteiger partial charge in [-0.1, -0.05) is 6.92 Å². The molecular formula is C15H30N2O2. The normalized spacial score (nSPS) is 45.3. The van der Waals surface area contributed by atoms with E-state index < -0.39 is 0 Å². The standard InChI is InChI=1S/C15H30N2O2/c1-5-14-9-18-13(4)8-17(14)15(10-16)6-11(2)19-12(3)7-15/h11-14H,5-10,16H2,1-4H3. The molecule has 0 aromatic rings. The second-order valence-electron chi connectivity index (χ2n) is 6.45. The van der Waals surface area contributed by atoms with Gasteiger partial charge in [0.2, 0.25) is 0 Å². The molecule has 2 saturated heterocycles. The molecule has 0 saturated carbocycles. The first kappa shape index (κ1) is 15.2. The smallest absolute Gasteiger partial charge is 0.0675 e. The molecule has 4 unspecified atom stereocenters. The molecule has 2 N–H and O–H groups in total. The third-order valence-electron chi connectivity index (χ3n) is 4.73. The molecule has 2 heterocycles. The summed E-state index contributed by atoms with van der Waals surface area (Å²) < 4.78 is 11.7. The van der Waals surface area contributed by atoms with Gasteiger partial charge < -0.3 is 15.2 Å². The van der Waals surface area contributed by atoms with Gasteiger partial charge in [-0.25, -0.2) is 0 Å². The minimum atomic E-state index is 0.0931. The molecule has 2 fully saturated rings. The Hall–Kier alpha value is -0.160. The van der Waals surface area contributed by atoms with E-state index in [1.807, 2.05) is 0 Å². The fourth-order valence-corrected chi connectivity index (χ4v) is 3.93. The summed E-state index contributed by atoms with van der Waals surface area (Å²) in [6.45, 7) is 11.3. The molecule has 0 spiro atoms. The van der Waals surface area contributed by atoms with Crippen LogP contribution >= 0.6 is 0 Å². The lowest BCUT2D eigenvalue weighted by Gasteiger charge is -2.54.